The van der Waals surface area contributed by atoms with E-state index in [4.69, 9.17) is 20.4 Å². The number of hydrogen-bond donors (Lipinski definition) is 4. The van der Waals surface area contributed by atoms with Gasteiger partial charge in [0.1, 0.15) is 0 Å². The number of hydrogen-bond acceptors (Lipinski definition) is 4. The molecule has 0 amide bonds. The molecule has 8 heteroatoms. The monoisotopic (exact) mass is 432 g/mol. The third kappa shape index (κ3) is 23.9. The van der Waals surface area contributed by atoms with Crippen LogP contribution in [0.1, 0.15) is 110 Å². The van der Waals surface area contributed by atoms with Crippen molar-refractivity contribution in [2.45, 2.75) is 110 Å². The van der Waals surface area contributed by atoms with Gasteiger partial charge in [0, 0.05) is 12.8 Å². The second-order valence-electron chi connectivity index (χ2n) is 7.55. The van der Waals surface area contributed by atoms with Crippen molar-refractivity contribution in [3.63, 3.8) is 0 Å². The lowest BCUT2D eigenvalue weighted by Gasteiger charge is -2.06. The fourth-order valence-electron chi connectivity index (χ4n) is 2.92. The van der Waals surface area contributed by atoms with Crippen LogP contribution >= 0.6 is 0 Å². The Balaban J connectivity index is 0. The SMILES string of the molecule is CCCCCCCCC(C(=O)O)C(=O)O.O=C(O)CCCCCCCCCC(=O)O. The van der Waals surface area contributed by atoms with Crippen molar-refractivity contribution in [2.75, 3.05) is 0 Å². The molecule has 0 aromatic carbocycles. The molecule has 0 bridgehead atoms. The van der Waals surface area contributed by atoms with Gasteiger partial charge in [-0.05, 0) is 19.3 Å². The first-order valence-corrected chi connectivity index (χ1v) is 11.1. The molecule has 0 fully saturated rings. The minimum atomic E-state index is -1.23. The van der Waals surface area contributed by atoms with Gasteiger partial charge in [0.25, 0.3) is 0 Å². The van der Waals surface area contributed by atoms with Gasteiger partial charge in [-0.3, -0.25) is 19.2 Å². The summed E-state index contributed by atoms with van der Waals surface area (Å²) in [5.74, 6) is -5.13. The average molecular weight is 433 g/mol. The first-order valence-electron chi connectivity index (χ1n) is 11.1. The van der Waals surface area contributed by atoms with Crippen LogP contribution < -0.4 is 0 Å². The molecular weight excluding hydrogens is 392 g/mol. The minimum absolute atomic E-state index is 0.247. The normalized spacial score (nSPS) is 10.3. The second kappa shape index (κ2) is 21.6. The summed E-state index contributed by atoms with van der Waals surface area (Å²) in [5.41, 5.74) is 0. The maximum absolute atomic E-state index is 10.5. The fraction of sp³-hybridized carbons (Fsp3) is 0.818. The summed E-state index contributed by atoms with van der Waals surface area (Å²) in [5, 5.41) is 34.0. The Morgan fingerprint density at radius 1 is 0.533 bits per heavy atom. The van der Waals surface area contributed by atoms with Gasteiger partial charge < -0.3 is 20.4 Å². The quantitative estimate of drug-likeness (QED) is 0.161. The molecule has 0 aliphatic rings. The van der Waals surface area contributed by atoms with Crippen LogP contribution in [0.4, 0.5) is 0 Å². The number of carboxylic acid groups (broad SMARTS) is 4. The van der Waals surface area contributed by atoms with E-state index >= 15 is 0 Å². The van der Waals surface area contributed by atoms with Gasteiger partial charge in [0.2, 0.25) is 0 Å². The topological polar surface area (TPSA) is 149 Å². The predicted octanol–water partition coefficient (Wildman–Crippen LogP) is 5.19. The summed E-state index contributed by atoms with van der Waals surface area (Å²) < 4.78 is 0. The molecule has 0 saturated carbocycles. The van der Waals surface area contributed by atoms with Crippen LogP contribution in [-0.2, 0) is 19.2 Å². The second-order valence-corrected chi connectivity index (χ2v) is 7.55. The maximum Gasteiger partial charge on any atom is 0.317 e. The number of carbonyl (C=O) groups is 4. The first-order chi connectivity index (χ1) is 14.2. The third-order valence-electron chi connectivity index (χ3n) is 4.72. The maximum atomic E-state index is 10.5. The Bertz CT molecular complexity index is 442. The van der Waals surface area contributed by atoms with E-state index in [1.54, 1.807) is 0 Å². The highest BCUT2D eigenvalue weighted by Crippen LogP contribution is 2.13. The lowest BCUT2D eigenvalue weighted by atomic mass is 10.0. The largest absolute Gasteiger partial charge is 0.481 e. The molecule has 8 nitrogen and oxygen atoms in total. The summed E-state index contributed by atoms with van der Waals surface area (Å²) in [4.78, 5) is 41.4. The van der Waals surface area contributed by atoms with E-state index in [0.29, 0.717) is 6.42 Å². The Hall–Kier alpha value is -2.12. The summed E-state index contributed by atoms with van der Waals surface area (Å²) in [6, 6.07) is 0. The lowest BCUT2D eigenvalue weighted by molar-refractivity contribution is -0.155. The highest BCUT2D eigenvalue weighted by molar-refractivity contribution is 5.92. The average Bonchev–Trinajstić information content (AvgIpc) is 2.65. The number of unbranched alkanes of at least 4 members (excludes halogenated alkanes) is 11. The zero-order valence-corrected chi connectivity index (χ0v) is 18.3. The van der Waals surface area contributed by atoms with E-state index in [0.717, 1.165) is 64.2 Å². The van der Waals surface area contributed by atoms with Crippen molar-refractivity contribution in [1.82, 2.24) is 0 Å². The number of rotatable bonds is 19. The molecule has 0 saturated heterocycles. The smallest absolute Gasteiger partial charge is 0.317 e. The minimum Gasteiger partial charge on any atom is -0.481 e. The van der Waals surface area contributed by atoms with Gasteiger partial charge in [0.05, 0.1) is 0 Å². The van der Waals surface area contributed by atoms with E-state index < -0.39 is 29.8 Å². The molecule has 0 aromatic heterocycles. The van der Waals surface area contributed by atoms with Gasteiger partial charge in [-0.2, -0.15) is 0 Å². The highest BCUT2D eigenvalue weighted by atomic mass is 16.4. The predicted molar refractivity (Wildman–Crippen MR) is 114 cm³/mol. The fourth-order valence-corrected chi connectivity index (χ4v) is 2.92. The molecule has 0 spiro atoms. The van der Waals surface area contributed by atoms with Crippen LogP contribution in [0.25, 0.3) is 0 Å². The van der Waals surface area contributed by atoms with E-state index in [1.807, 2.05) is 0 Å². The molecule has 176 valence electrons. The lowest BCUT2D eigenvalue weighted by Crippen LogP contribution is -2.23. The summed E-state index contributed by atoms with van der Waals surface area (Å²) in [7, 11) is 0. The van der Waals surface area contributed by atoms with Crippen molar-refractivity contribution in [1.29, 1.82) is 0 Å². The Morgan fingerprint density at radius 3 is 1.20 bits per heavy atom. The van der Waals surface area contributed by atoms with Crippen LogP contribution in [0.3, 0.4) is 0 Å². The summed E-state index contributed by atoms with van der Waals surface area (Å²) >= 11 is 0. The van der Waals surface area contributed by atoms with Gasteiger partial charge in [-0.15, -0.1) is 0 Å². The summed E-state index contributed by atoms with van der Waals surface area (Å²) in [6.45, 7) is 2.13. The molecule has 0 heterocycles. The molecule has 4 N–H and O–H groups in total. The Kier molecular flexibility index (Phi) is 21.6. The third-order valence-corrected chi connectivity index (χ3v) is 4.72. The van der Waals surface area contributed by atoms with Crippen LogP contribution in [-0.4, -0.2) is 44.3 Å². The number of aliphatic carboxylic acids is 4. The molecule has 0 rings (SSSR count). The van der Waals surface area contributed by atoms with Crippen LogP contribution in [0.5, 0.6) is 0 Å². The molecular formula is C22H40O8. The molecule has 0 unspecified atom stereocenters. The van der Waals surface area contributed by atoms with E-state index in [1.165, 1.54) is 12.8 Å². The zero-order valence-electron chi connectivity index (χ0n) is 18.3. The molecule has 30 heavy (non-hydrogen) atoms. The van der Waals surface area contributed by atoms with Gasteiger partial charge in [-0.25, -0.2) is 0 Å². The van der Waals surface area contributed by atoms with E-state index in [-0.39, 0.29) is 19.3 Å². The van der Waals surface area contributed by atoms with Gasteiger partial charge >= 0.3 is 23.9 Å². The Labute approximate surface area is 179 Å². The van der Waals surface area contributed by atoms with Crippen LogP contribution in [0.15, 0.2) is 0 Å². The van der Waals surface area contributed by atoms with Crippen molar-refractivity contribution in [3.05, 3.63) is 0 Å². The van der Waals surface area contributed by atoms with Crippen molar-refractivity contribution in [3.8, 4) is 0 Å². The molecule has 0 aromatic rings. The van der Waals surface area contributed by atoms with Crippen LogP contribution in [0, 0.1) is 5.92 Å². The van der Waals surface area contributed by atoms with Crippen LogP contribution in [0.2, 0.25) is 0 Å². The standard InChI is InChI=1S/2C11H20O4/c1-2-3-4-5-6-7-8-9(10(12)13)11(14)15;12-10(13)8-6-4-2-1-3-5-7-9-11(14)15/h9H,2-8H2,1H3,(H,12,13)(H,14,15);1-9H2,(H,12,13)(H,14,15). The van der Waals surface area contributed by atoms with Crippen molar-refractivity contribution < 1.29 is 39.6 Å². The molecule has 0 aliphatic carbocycles. The van der Waals surface area contributed by atoms with Gasteiger partial charge in [-0.1, -0.05) is 77.6 Å². The molecule has 0 radical (unpaired) electrons. The van der Waals surface area contributed by atoms with Crippen molar-refractivity contribution >= 4 is 23.9 Å². The molecule has 0 atom stereocenters. The molecule has 0 aliphatic heterocycles. The van der Waals surface area contributed by atoms with E-state index in [2.05, 4.69) is 6.92 Å². The van der Waals surface area contributed by atoms with Gasteiger partial charge in [0.15, 0.2) is 5.92 Å². The number of carboxylic acids is 4. The van der Waals surface area contributed by atoms with E-state index in [9.17, 15) is 19.2 Å². The zero-order chi connectivity index (χ0) is 23.2. The first kappa shape index (κ1) is 30.1. The van der Waals surface area contributed by atoms with Crippen molar-refractivity contribution in [2.24, 2.45) is 5.92 Å². The summed E-state index contributed by atoms with van der Waals surface area (Å²) in [6.07, 6.45) is 13.6. The Morgan fingerprint density at radius 2 is 0.867 bits per heavy atom. The highest BCUT2D eigenvalue weighted by Gasteiger charge is 2.24.